The molecule has 1 aliphatic rings. The minimum atomic E-state index is 0.554. The summed E-state index contributed by atoms with van der Waals surface area (Å²) in [6.45, 7) is 3.98. The monoisotopic (exact) mass is 373 g/mol. The molecule has 1 atom stereocenters. The molecule has 1 aromatic carbocycles. The molecule has 1 N–H and O–H groups in total. The van der Waals surface area contributed by atoms with Crippen molar-refractivity contribution < 1.29 is 0 Å². The zero-order chi connectivity index (χ0) is 19.2. The zero-order valence-electron chi connectivity index (χ0n) is 16.4. The van der Waals surface area contributed by atoms with Gasteiger partial charge in [-0.2, -0.15) is 4.98 Å². The molecule has 0 amide bonds. The van der Waals surface area contributed by atoms with Crippen molar-refractivity contribution in [2.75, 3.05) is 16.8 Å². The predicted octanol–water partition coefficient (Wildman–Crippen LogP) is 4.92. The molecule has 0 spiro atoms. The summed E-state index contributed by atoms with van der Waals surface area (Å²) < 4.78 is 0. The van der Waals surface area contributed by atoms with Crippen LogP contribution < -0.4 is 10.2 Å². The van der Waals surface area contributed by atoms with Gasteiger partial charge in [0.25, 0.3) is 0 Å². The Morgan fingerprint density at radius 3 is 2.75 bits per heavy atom. The first kappa shape index (κ1) is 18.4. The normalized spacial score (nSPS) is 16.8. The number of pyridine rings is 1. The van der Waals surface area contributed by atoms with Gasteiger partial charge in [-0.15, -0.1) is 0 Å². The highest BCUT2D eigenvalue weighted by Crippen LogP contribution is 2.29. The van der Waals surface area contributed by atoms with E-state index >= 15 is 0 Å². The van der Waals surface area contributed by atoms with Gasteiger partial charge in [0.1, 0.15) is 5.82 Å². The van der Waals surface area contributed by atoms with Crippen LogP contribution in [0.2, 0.25) is 0 Å². The Bertz CT molecular complexity index is 882. The van der Waals surface area contributed by atoms with E-state index in [4.69, 9.17) is 9.97 Å². The van der Waals surface area contributed by atoms with Crippen LogP contribution in [0.3, 0.4) is 0 Å². The average Bonchev–Trinajstić information content (AvgIpc) is 2.79. The Hall–Kier alpha value is -2.95. The molecule has 3 aromatic rings. The fraction of sp³-hybridized carbons (Fsp3) is 0.348. The molecule has 1 saturated heterocycles. The average molecular weight is 374 g/mol. The summed E-state index contributed by atoms with van der Waals surface area (Å²) in [5.41, 5.74) is 3.18. The maximum atomic E-state index is 4.88. The van der Waals surface area contributed by atoms with Gasteiger partial charge < -0.3 is 10.2 Å². The van der Waals surface area contributed by atoms with Crippen molar-refractivity contribution in [1.29, 1.82) is 0 Å². The van der Waals surface area contributed by atoms with Crippen molar-refractivity contribution >= 4 is 11.8 Å². The van der Waals surface area contributed by atoms with E-state index < -0.39 is 0 Å². The van der Waals surface area contributed by atoms with Crippen LogP contribution in [0.1, 0.15) is 38.2 Å². The summed E-state index contributed by atoms with van der Waals surface area (Å²) in [6, 6.07) is 17.0. The lowest BCUT2D eigenvalue weighted by atomic mass is 10.00. The summed E-state index contributed by atoms with van der Waals surface area (Å²) in [6.07, 6.45) is 8.56. The van der Waals surface area contributed by atoms with E-state index in [1.807, 2.05) is 18.3 Å². The van der Waals surface area contributed by atoms with Gasteiger partial charge in [0.2, 0.25) is 5.95 Å². The van der Waals surface area contributed by atoms with E-state index in [-0.39, 0.29) is 0 Å². The van der Waals surface area contributed by atoms with Gasteiger partial charge in [0.15, 0.2) is 0 Å². The SMILES string of the molecule is CCC1CCCCN1c1cc(-c2ccccc2)nc(NCc2cccnc2)n1. The van der Waals surface area contributed by atoms with E-state index in [2.05, 4.69) is 58.5 Å². The van der Waals surface area contributed by atoms with Gasteiger partial charge in [-0.1, -0.05) is 43.3 Å². The minimum absolute atomic E-state index is 0.554. The van der Waals surface area contributed by atoms with E-state index in [1.54, 1.807) is 6.20 Å². The summed E-state index contributed by atoms with van der Waals surface area (Å²) in [5.74, 6) is 1.69. The van der Waals surface area contributed by atoms with Gasteiger partial charge >= 0.3 is 0 Å². The third-order valence-corrected chi connectivity index (χ3v) is 5.35. The standard InChI is InChI=1S/C23H27N5/c1-2-20-12-6-7-14-28(20)22-15-21(19-10-4-3-5-11-19)26-23(27-22)25-17-18-9-8-13-24-16-18/h3-5,8-11,13,15-16,20H,2,6-7,12,14,17H2,1H3,(H,25,26,27). The number of hydrogen-bond acceptors (Lipinski definition) is 5. The largest absolute Gasteiger partial charge is 0.353 e. The third-order valence-electron chi connectivity index (χ3n) is 5.35. The lowest BCUT2D eigenvalue weighted by molar-refractivity contribution is 0.447. The predicted molar refractivity (Wildman–Crippen MR) is 114 cm³/mol. The molecule has 1 aliphatic heterocycles. The molecule has 0 aliphatic carbocycles. The molecule has 0 radical (unpaired) electrons. The van der Waals surface area contributed by atoms with E-state index in [9.17, 15) is 0 Å². The summed E-state index contributed by atoms with van der Waals surface area (Å²) in [5, 5.41) is 3.39. The molecule has 1 unspecified atom stereocenters. The van der Waals surface area contributed by atoms with Gasteiger partial charge in [0.05, 0.1) is 5.69 Å². The van der Waals surface area contributed by atoms with Crippen molar-refractivity contribution in [3.63, 3.8) is 0 Å². The molecule has 3 heterocycles. The maximum absolute atomic E-state index is 4.88. The molecule has 1 fully saturated rings. The topological polar surface area (TPSA) is 53.9 Å². The Kier molecular flexibility index (Phi) is 5.80. The van der Waals surface area contributed by atoms with Crippen LogP contribution in [0.5, 0.6) is 0 Å². The van der Waals surface area contributed by atoms with Crippen molar-refractivity contribution in [3.05, 3.63) is 66.5 Å². The Morgan fingerprint density at radius 1 is 1.07 bits per heavy atom. The Morgan fingerprint density at radius 2 is 1.96 bits per heavy atom. The smallest absolute Gasteiger partial charge is 0.225 e. The second kappa shape index (κ2) is 8.83. The Labute approximate surface area is 166 Å². The van der Waals surface area contributed by atoms with Crippen LogP contribution in [0.25, 0.3) is 11.3 Å². The van der Waals surface area contributed by atoms with E-state index in [1.165, 1.54) is 19.3 Å². The molecule has 0 bridgehead atoms. The van der Waals surface area contributed by atoms with Crippen LogP contribution in [-0.2, 0) is 6.54 Å². The maximum Gasteiger partial charge on any atom is 0.225 e. The first-order chi connectivity index (χ1) is 13.8. The number of hydrogen-bond donors (Lipinski definition) is 1. The number of benzene rings is 1. The van der Waals surface area contributed by atoms with Gasteiger partial charge in [-0.3, -0.25) is 4.98 Å². The highest BCUT2D eigenvalue weighted by Gasteiger charge is 2.23. The molecule has 2 aromatic heterocycles. The number of rotatable bonds is 6. The first-order valence-corrected chi connectivity index (χ1v) is 10.2. The summed E-state index contributed by atoms with van der Waals surface area (Å²) in [4.78, 5) is 16.3. The quantitative estimate of drug-likeness (QED) is 0.665. The summed E-state index contributed by atoms with van der Waals surface area (Å²) >= 11 is 0. The molecular weight excluding hydrogens is 346 g/mol. The van der Waals surface area contributed by atoms with Gasteiger partial charge in [0, 0.05) is 43.2 Å². The molecular formula is C23H27N5. The summed E-state index contributed by atoms with van der Waals surface area (Å²) in [7, 11) is 0. The Balaban J connectivity index is 1.66. The lowest BCUT2D eigenvalue weighted by Gasteiger charge is -2.36. The van der Waals surface area contributed by atoms with Crippen molar-refractivity contribution in [1.82, 2.24) is 15.0 Å². The number of anilines is 2. The molecule has 0 saturated carbocycles. The zero-order valence-corrected chi connectivity index (χ0v) is 16.4. The first-order valence-electron chi connectivity index (χ1n) is 10.2. The van der Waals surface area contributed by atoms with Crippen LogP contribution in [0.4, 0.5) is 11.8 Å². The highest BCUT2D eigenvalue weighted by molar-refractivity contribution is 5.65. The van der Waals surface area contributed by atoms with E-state index in [0.29, 0.717) is 18.5 Å². The number of piperidine rings is 1. The van der Waals surface area contributed by atoms with Gasteiger partial charge in [-0.05, 0) is 37.3 Å². The third kappa shape index (κ3) is 4.30. The fourth-order valence-corrected chi connectivity index (χ4v) is 3.83. The molecule has 4 rings (SSSR count). The number of nitrogens with one attached hydrogen (secondary N) is 1. The molecule has 28 heavy (non-hydrogen) atoms. The second-order valence-corrected chi connectivity index (χ2v) is 7.27. The fourth-order valence-electron chi connectivity index (χ4n) is 3.83. The van der Waals surface area contributed by atoms with Crippen molar-refractivity contribution in [3.8, 4) is 11.3 Å². The number of aromatic nitrogens is 3. The van der Waals surface area contributed by atoms with Crippen LogP contribution in [0, 0.1) is 0 Å². The van der Waals surface area contributed by atoms with Gasteiger partial charge in [-0.25, -0.2) is 4.98 Å². The molecule has 5 nitrogen and oxygen atoms in total. The van der Waals surface area contributed by atoms with Crippen LogP contribution in [-0.4, -0.2) is 27.5 Å². The minimum Gasteiger partial charge on any atom is -0.353 e. The molecule has 144 valence electrons. The van der Waals surface area contributed by atoms with Crippen LogP contribution in [0.15, 0.2) is 60.9 Å². The van der Waals surface area contributed by atoms with Crippen molar-refractivity contribution in [2.24, 2.45) is 0 Å². The van der Waals surface area contributed by atoms with Crippen LogP contribution >= 0.6 is 0 Å². The number of nitrogens with zero attached hydrogens (tertiary/aromatic N) is 4. The highest BCUT2D eigenvalue weighted by atomic mass is 15.2. The second-order valence-electron chi connectivity index (χ2n) is 7.27. The molecule has 5 heteroatoms. The van der Waals surface area contributed by atoms with Crippen molar-refractivity contribution in [2.45, 2.75) is 45.2 Å². The van der Waals surface area contributed by atoms with E-state index in [0.717, 1.165) is 35.6 Å². The lowest BCUT2D eigenvalue weighted by Crippen LogP contribution is -2.39.